The summed E-state index contributed by atoms with van der Waals surface area (Å²) in [6.07, 6.45) is 7.56. The lowest BCUT2D eigenvalue weighted by molar-refractivity contribution is -0.122. The number of anilines is 1. The number of para-hydroxylation sites is 1. The molecule has 2 heterocycles. The third kappa shape index (κ3) is 2.73. The Kier molecular flexibility index (Phi) is 4.46. The molecule has 3 heteroatoms. The molecule has 0 N–H and O–H groups in total. The highest BCUT2D eigenvalue weighted by molar-refractivity contribution is 6.12. The fourth-order valence-corrected chi connectivity index (χ4v) is 6.02. The Balaban J connectivity index is 1.54. The van der Waals surface area contributed by atoms with Gasteiger partial charge in [-0.1, -0.05) is 105 Å². The van der Waals surface area contributed by atoms with Gasteiger partial charge in [-0.15, -0.1) is 0 Å². The van der Waals surface area contributed by atoms with Crippen molar-refractivity contribution in [3.63, 3.8) is 0 Å². The van der Waals surface area contributed by atoms with Crippen LogP contribution in [0.3, 0.4) is 0 Å². The van der Waals surface area contributed by atoms with Crippen molar-refractivity contribution in [1.82, 2.24) is 5.01 Å². The molecule has 2 unspecified atom stereocenters. The zero-order valence-electron chi connectivity index (χ0n) is 17.8. The normalized spacial score (nSPS) is 26.5. The van der Waals surface area contributed by atoms with Gasteiger partial charge in [-0.2, -0.15) is 0 Å². The van der Waals surface area contributed by atoms with Gasteiger partial charge in [0, 0.05) is 17.6 Å². The van der Waals surface area contributed by atoms with E-state index in [4.69, 9.17) is 0 Å². The fourth-order valence-electron chi connectivity index (χ4n) is 6.02. The van der Waals surface area contributed by atoms with E-state index < -0.39 is 5.41 Å². The standard InChI is InChI=1S/C28H28N2O/c31-27-28(21-13-5-3-6-14-21,22-15-7-4-8-16-22)23-17-11-12-18-24(23)30(27)29-25-19-9-1-2-10-20-26(25)29/h3-8,11-18,25-26H,1-2,9-10,19-20H2. The van der Waals surface area contributed by atoms with Crippen molar-refractivity contribution in [1.29, 1.82) is 0 Å². The van der Waals surface area contributed by atoms with E-state index in [1.165, 1.54) is 38.5 Å². The van der Waals surface area contributed by atoms with Crippen LogP contribution < -0.4 is 5.01 Å². The summed E-state index contributed by atoms with van der Waals surface area (Å²) in [5, 5.41) is 4.45. The van der Waals surface area contributed by atoms with Crippen LogP contribution in [0.1, 0.15) is 55.2 Å². The molecule has 6 rings (SSSR count). The summed E-state index contributed by atoms with van der Waals surface area (Å²) in [7, 11) is 0. The quantitative estimate of drug-likeness (QED) is 0.520. The Morgan fingerprint density at radius 3 is 1.74 bits per heavy atom. The monoisotopic (exact) mass is 408 g/mol. The van der Waals surface area contributed by atoms with Crippen molar-refractivity contribution in [2.24, 2.45) is 0 Å². The molecule has 31 heavy (non-hydrogen) atoms. The van der Waals surface area contributed by atoms with Crippen LogP contribution in [-0.4, -0.2) is 23.0 Å². The van der Waals surface area contributed by atoms with Crippen LogP contribution in [0.4, 0.5) is 5.69 Å². The maximum absolute atomic E-state index is 14.6. The molecule has 1 saturated carbocycles. The van der Waals surface area contributed by atoms with E-state index in [0.717, 1.165) is 22.4 Å². The Labute approximate surface area is 184 Å². The van der Waals surface area contributed by atoms with Crippen molar-refractivity contribution < 1.29 is 4.79 Å². The number of hydrogen-bond acceptors (Lipinski definition) is 2. The Hall–Kier alpha value is -2.91. The lowest BCUT2D eigenvalue weighted by Gasteiger charge is -2.30. The molecule has 3 aliphatic rings. The number of fused-ring (bicyclic) bond motifs is 2. The molecule has 3 nitrogen and oxygen atoms in total. The van der Waals surface area contributed by atoms with E-state index in [1.54, 1.807) is 0 Å². The lowest BCUT2D eigenvalue weighted by Crippen LogP contribution is -2.45. The summed E-state index contributed by atoms with van der Waals surface area (Å²) < 4.78 is 0. The Morgan fingerprint density at radius 1 is 0.645 bits per heavy atom. The third-order valence-corrected chi connectivity index (χ3v) is 7.48. The molecule has 0 aromatic heterocycles. The summed E-state index contributed by atoms with van der Waals surface area (Å²) >= 11 is 0. The largest absolute Gasteiger partial charge is 0.271 e. The molecule has 1 aliphatic carbocycles. The number of nitrogens with zero attached hydrogens (tertiary/aromatic N) is 2. The minimum atomic E-state index is -0.809. The van der Waals surface area contributed by atoms with Crippen molar-refractivity contribution in [3.05, 3.63) is 102 Å². The van der Waals surface area contributed by atoms with Gasteiger partial charge in [0.05, 0.1) is 5.69 Å². The number of carbonyl (C=O) groups excluding carboxylic acids is 1. The average molecular weight is 409 g/mol. The molecule has 1 saturated heterocycles. The van der Waals surface area contributed by atoms with E-state index in [0.29, 0.717) is 12.1 Å². The van der Waals surface area contributed by atoms with Crippen LogP contribution in [0.5, 0.6) is 0 Å². The fraction of sp³-hybridized carbons (Fsp3) is 0.321. The number of carbonyl (C=O) groups is 1. The second kappa shape index (κ2) is 7.35. The van der Waals surface area contributed by atoms with Gasteiger partial charge < -0.3 is 0 Å². The summed E-state index contributed by atoms with van der Waals surface area (Å²) in [6.45, 7) is 0. The first kappa shape index (κ1) is 18.8. The highest BCUT2D eigenvalue weighted by Gasteiger charge is 2.61. The van der Waals surface area contributed by atoms with Crippen LogP contribution in [0, 0.1) is 0 Å². The van der Waals surface area contributed by atoms with Crippen molar-refractivity contribution >= 4 is 11.6 Å². The highest BCUT2D eigenvalue weighted by atomic mass is 16.2. The molecule has 156 valence electrons. The molecular weight excluding hydrogens is 380 g/mol. The summed E-state index contributed by atoms with van der Waals surface area (Å²) in [5.74, 6) is 0.165. The van der Waals surface area contributed by atoms with E-state index in [1.807, 2.05) is 36.4 Å². The van der Waals surface area contributed by atoms with Crippen LogP contribution in [0.2, 0.25) is 0 Å². The van der Waals surface area contributed by atoms with E-state index in [-0.39, 0.29) is 5.91 Å². The summed E-state index contributed by atoms with van der Waals surface area (Å²) in [5.41, 5.74) is 3.42. The van der Waals surface area contributed by atoms with E-state index in [2.05, 4.69) is 58.5 Å². The molecule has 0 spiro atoms. The number of rotatable bonds is 3. The van der Waals surface area contributed by atoms with Crippen LogP contribution >= 0.6 is 0 Å². The predicted molar refractivity (Wildman–Crippen MR) is 124 cm³/mol. The molecule has 2 aliphatic heterocycles. The maximum atomic E-state index is 14.6. The van der Waals surface area contributed by atoms with Gasteiger partial charge in [0.15, 0.2) is 0 Å². The van der Waals surface area contributed by atoms with Crippen LogP contribution in [0.15, 0.2) is 84.9 Å². The second-order valence-electron chi connectivity index (χ2n) is 9.12. The summed E-state index contributed by atoms with van der Waals surface area (Å²) in [6, 6.07) is 30.1. The van der Waals surface area contributed by atoms with Gasteiger partial charge in [-0.3, -0.25) is 4.79 Å². The summed E-state index contributed by atoms with van der Waals surface area (Å²) in [4.78, 5) is 14.6. The number of amides is 1. The molecule has 0 bridgehead atoms. The first-order valence-corrected chi connectivity index (χ1v) is 11.7. The minimum Gasteiger partial charge on any atom is -0.271 e. The number of hydrogen-bond donors (Lipinski definition) is 0. The van der Waals surface area contributed by atoms with Crippen LogP contribution in [0.25, 0.3) is 0 Å². The van der Waals surface area contributed by atoms with Gasteiger partial charge >= 0.3 is 0 Å². The molecule has 3 aromatic carbocycles. The predicted octanol–water partition coefficient (Wildman–Crippen LogP) is 5.69. The van der Waals surface area contributed by atoms with Gasteiger partial charge in [-0.25, -0.2) is 10.0 Å². The molecule has 0 radical (unpaired) electrons. The molecule has 3 aromatic rings. The first-order valence-electron chi connectivity index (χ1n) is 11.7. The van der Waals surface area contributed by atoms with Gasteiger partial charge in [0.25, 0.3) is 5.91 Å². The van der Waals surface area contributed by atoms with E-state index >= 15 is 0 Å². The maximum Gasteiger partial charge on any atom is 0.261 e. The zero-order chi connectivity index (χ0) is 20.8. The molecule has 2 fully saturated rings. The minimum absolute atomic E-state index is 0.165. The Bertz CT molecular complexity index is 1040. The molecule has 1 amide bonds. The highest BCUT2D eigenvalue weighted by Crippen LogP contribution is 2.54. The number of benzene rings is 3. The number of hydrazine groups is 1. The lowest BCUT2D eigenvalue weighted by atomic mass is 9.70. The molecular formula is C28H28N2O. The van der Waals surface area contributed by atoms with Crippen molar-refractivity contribution in [2.75, 3.05) is 5.01 Å². The first-order chi connectivity index (χ1) is 15.3. The van der Waals surface area contributed by atoms with Crippen LogP contribution in [-0.2, 0) is 10.2 Å². The third-order valence-electron chi connectivity index (χ3n) is 7.48. The molecule has 2 atom stereocenters. The SMILES string of the molecule is O=C1N(N2C3CCCCCCC32)c2ccccc2C1(c1ccccc1)c1ccccc1. The van der Waals surface area contributed by atoms with Gasteiger partial charge in [0.2, 0.25) is 0 Å². The Morgan fingerprint density at radius 2 is 1.16 bits per heavy atom. The second-order valence-corrected chi connectivity index (χ2v) is 9.12. The zero-order valence-corrected chi connectivity index (χ0v) is 17.8. The van der Waals surface area contributed by atoms with Crippen molar-refractivity contribution in [3.8, 4) is 0 Å². The van der Waals surface area contributed by atoms with Gasteiger partial charge in [-0.05, 0) is 30.0 Å². The topological polar surface area (TPSA) is 23.3 Å². The van der Waals surface area contributed by atoms with E-state index in [9.17, 15) is 4.79 Å². The van der Waals surface area contributed by atoms with Crippen molar-refractivity contribution in [2.45, 2.75) is 56.0 Å². The smallest absolute Gasteiger partial charge is 0.261 e. The van der Waals surface area contributed by atoms with Gasteiger partial charge in [0.1, 0.15) is 5.41 Å². The average Bonchev–Trinajstić information content (AvgIpc) is 3.38.